The van der Waals surface area contributed by atoms with Gasteiger partial charge < -0.3 is 13.9 Å². The zero-order valence-electron chi connectivity index (χ0n) is 16.8. The fourth-order valence-corrected chi connectivity index (χ4v) is 9.88. The lowest BCUT2D eigenvalue weighted by molar-refractivity contribution is -0.243. The Hall–Kier alpha value is -1.25. The molecule has 2 saturated carbocycles. The lowest BCUT2D eigenvalue weighted by Crippen LogP contribution is -2.70. The highest BCUT2D eigenvalue weighted by molar-refractivity contribution is 6.84. The zero-order chi connectivity index (χ0) is 19.0. The highest BCUT2D eigenvalue weighted by Crippen LogP contribution is 2.76. The molecule has 0 aromatic carbocycles. The van der Waals surface area contributed by atoms with Gasteiger partial charge in [0, 0.05) is 11.8 Å². The molecule has 3 atom stereocenters. The average molecular weight is 375 g/mol. The van der Waals surface area contributed by atoms with Crippen LogP contribution in [0.4, 0.5) is 0 Å². The first kappa shape index (κ1) is 18.1. The van der Waals surface area contributed by atoms with E-state index in [2.05, 4.69) is 46.1 Å². The Kier molecular flexibility index (Phi) is 3.76. The van der Waals surface area contributed by atoms with Gasteiger partial charge in [-0.3, -0.25) is 0 Å². The molecule has 2 heterocycles. The van der Waals surface area contributed by atoms with E-state index >= 15 is 0 Å². The number of methoxy groups -OCH3 is 1. The molecule has 0 N–H and O–H groups in total. The fourth-order valence-electron chi connectivity index (χ4n) is 6.37. The third-order valence-electron chi connectivity index (χ3n) is 7.60. The summed E-state index contributed by atoms with van der Waals surface area (Å²) in [7, 11) is -0.671. The maximum atomic E-state index is 12.9. The van der Waals surface area contributed by atoms with Crippen molar-refractivity contribution < 1.29 is 18.7 Å². The summed E-state index contributed by atoms with van der Waals surface area (Å²) >= 11 is 0. The summed E-state index contributed by atoms with van der Waals surface area (Å²) in [6, 6.07) is 0. The SMILES string of the molecule is COC1=C2CO[Si](C(C)C)(C(C)C)C#C[C@]3(C)C[C@]4(CCC[C@]143)OC2=O. The number of rotatable bonds is 3. The fraction of sp³-hybridized carbons (Fsp3) is 0.762. The van der Waals surface area contributed by atoms with Crippen LogP contribution in [0.2, 0.25) is 11.1 Å². The van der Waals surface area contributed by atoms with Crippen LogP contribution < -0.4 is 0 Å². The van der Waals surface area contributed by atoms with Gasteiger partial charge in [0.05, 0.1) is 24.7 Å². The van der Waals surface area contributed by atoms with E-state index in [0.29, 0.717) is 16.7 Å². The molecule has 0 amide bonds. The number of carbonyl (C=O) groups excluding carboxylic acids is 1. The van der Waals surface area contributed by atoms with Crippen molar-refractivity contribution in [3.8, 4) is 11.5 Å². The predicted molar refractivity (Wildman–Crippen MR) is 102 cm³/mol. The summed E-state index contributed by atoms with van der Waals surface area (Å²) in [5.41, 5.74) is 4.03. The summed E-state index contributed by atoms with van der Waals surface area (Å²) in [5, 5.41) is 0. The van der Waals surface area contributed by atoms with Crippen LogP contribution in [0.5, 0.6) is 0 Å². The summed E-state index contributed by atoms with van der Waals surface area (Å²) in [5.74, 6) is 4.24. The van der Waals surface area contributed by atoms with Gasteiger partial charge in [0.25, 0.3) is 8.32 Å². The molecule has 0 saturated heterocycles. The quantitative estimate of drug-likeness (QED) is 0.424. The number of carbonyl (C=O) groups is 1. The van der Waals surface area contributed by atoms with Crippen molar-refractivity contribution in [1.82, 2.24) is 0 Å². The molecule has 0 unspecified atom stereocenters. The summed E-state index contributed by atoms with van der Waals surface area (Å²) < 4.78 is 18.6. The molecule has 142 valence electrons. The van der Waals surface area contributed by atoms with Gasteiger partial charge in [-0.1, -0.05) is 39.2 Å². The Morgan fingerprint density at radius 2 is 1.88 bits per heavy atom. The van der Waals surface area contributed by atoms with Crippen molar-refractivity contribution in [2.45, 2.75) is 77.0 Å². The van der Waals surface area contributed by atoms with Gasteiger partial charge in [-0.05, 0) is 37.3 Å². The molecule has 1 spiro atoms. The Balaban J connectivity index is 1.97. The number of hydrogen-bond acceptors (Lipinski definition) is 4. The highest BCUT2D eigenvalue weighted by Gasteiger charge is 2.80. The molecule has 4 rings (SSSR count). The monoisotopic (exact) mass is 374 g/mol. The van der Waals surface area contributed by atoms with E-state index in [1.807, 2.05) is 0 Å². The number of ether oxygens (including phenoxy) is 2. The molecule has 2 aliphatic heterocycles. The normalized spacial score (nSPS) is 39.9. The van der Waals surface area contributed by atoms with Gasteiger partial charge in [0.1, 0.15) is 11.4 Å². The molecule has 4 aliphatic rings. The van der Waals surface area contributed by atoms with Gasteiger partial charge in [0.2, 0.25) is 0 Å². The van der Waals surface area contributed by atoms with E-state index in [9.17, 15) is 4.79 Å². The third-order valence-corrected chi connectivity index (χ3v) is 12.2. The van der Waals surface area contributed by atoms with Gasteiger partial charge in [-0.2, -0.15) is 0 Å². The number of esters is 1. The van der Waals surface area contributed by atoms with Crippen molar-refractivity contribution in [3.05, 3.63) is 11.3 Å². The lowest BCUT2D eigenvalue weighted by Gasteiger charge is -2.66. The van der Waals surface area contributed by atoms with Crippen LogP contribution >= 0.6 is 0 Å². The van der Waals surface area contributed by atoms with E-state index in [1.165, 1.54) is 0 Å². The van der Waals surface area contributed by atoms with Crippen molar-refractivity contribution in [1.29, 1.82) is 0 Å². The molecule has 0 aromatic heterocycles. The van der Waals surface area contributed by atoms with E-state index in [0.717, 1.165) is 31.4 Å². The van der Waals surface area contributed by atoms with Crippen molar-refractivity contribution in [2.24, 2.45) is 10.8 Å². The summed E-state index contributed by atoms with van der Waals surface area (Å²) in [4.78, 5) is 12.9. The van der Waals surface area contributed by atoms with Crippen molar-refractivity contribution >= 4 is 14.3 Å². The van der Waals surface area contributed by atoms with Gasteiger partial charge in [-0.25, -0.2) is 4.79 Å². The molecule has 0 aromatic rings. The minimum Gasteiger partial charge on any atom is -0.500 e. The topological polar surface area (TPSA) is 44.8 Å². The molecule has 2 fully saturated rings. The second-order valence-corrected chi connectivity index (χ2v) is 13.7. The maximum absolute atomic E-state index is 12.9. The van der Waals surface area contributed by atoms with E-state index < -0.39 is 13.9 Å². The van der Waals surface area contributed by atoms with Crippen LogP contribution in [0.1, 0.15) is 60.3 Å². The van der Waals surface area contributed by atoms with Crippen LogP contribution in [0, 0.1) is 22.3 Å². The van der Waals surface area contributed by atoms with Gasteiger partial charge in [-0.15, -0.1) is 0 Å². The molecule has 5 heteroatoms. The highest BCUT2D eigenvalue weighted by atomic mass is 28.4. The molecule has 2 bridgehead atoms. The molecule has 2 aliphatic carbocycles. The predicted octanol–water partition coefficient (Wildman–Crippen LogP) is 4.10. The first-order chi connectivity index (χ1) is 12.2. The third kappa shape index (κ3) is 1.83. The van der Waals surface area contributed by atoms with Crippen LogP contribution in [-0.4, -0.2) is 33.6 Å². The van der Waals surface area contributed by atoms with Gasteiger partial charge >= 0.3 is 5.97 Å². The van der Waals surface area contributed by atoms with E-state index in [-0.39, 0.29) is 23.4 Å². The van der Waals surface area contributed by atoms with E-state index in [1.54, 1.807) is 7.11 Å². The lowest BCUT2D eigenvalue weighted by atomic mass is 9.41. The van der Waals surface area contributed by atoms with Crippen LogP contribution in [0.25, 0.3) is 0 Å². The van der Waals surface area contributed by atoms with E-state index in [4.69, 9.17) is 13.9 Å². The van der Waals surface area contributed by atoms with Crippen LogP contribution in [-0.2, 0) is 18.7 Å². The Labute approximate surface area is 157 Å². The zero-order valence-corrected chi connectivity index (χ0v) is 17.8. The summed E-state index contributed by atoms with van der Waals surface area (Å²) in [6.07, 6.45) is 3.73. The average Bonchev–Trinajstić information content (AvgIpc) is 2.88. The summed E-state index contributed by atoms with van der Waals surface area (Å²) in [6.45, 7) is 11.3. The van der Waals surface area contributed by atoms with Gasteiger partial charge in [0.15, 0.2) is 0 Å². The smallest absolute Gasteiger partial charge is 0.340 e. The molecule has 4 nitrogen and oxygen atoms in total. The second-order valence-electron chi connectivity index (χ2n) is 9.30. The Morgan fingerprint density at radius 1 is 1.19 bits per heavy atom. The minimum atomic E-state index is -2.36. The first-order valence-electron chi connectivity index (χ1n) is 9.87. The van der Waals surface area contributed by atoms with Crippen LogP contribution in [0.3, 0.4) is 0 Å². The van der Waals surface area contributed by atoms with Crippen molar-refractivity contribution in [3.63, 3.8) is 0 Å². The number of hydrogen-bond donors (Lipinski definition) is 0. The minimum absolute atomic E-state index is 0.226. The molecular weight excluding hydrogens is 344 g/mol. The standard InChI is InChI=1S/C21H30O4Si/c1-14(2)26(15(3)4)11-10-19(5)13-20-8-7-9-21(19,20)17(23-6)16(12-24-26)18(22)25-20/h14-15H,7-9,12-13H2,1-6H3/t19-,20+,21-/m1/s1. The largest absolute Gasteiger partial charge is 0.500 e. The Bertz CT molecular complexity index is 750. The van der Waals surface area contributed by atoms with Crippen molar-refractivity contribution in [2.75, 3.05) is 13.7 Å². The Morgan fingerprint density at radius 3 is 2.50 bits per heavy atom. The second kappa shape index (κ2) is 5.39. The molecular formula is C21H30O4Si. The first-order valence-corrected chi connectivity index (χ1v) is 11.9. The maximum Gasteiger partial charge on any atom is 0.340 e. The molecule has 0 radical (unpaired) electrons. The molecule has 26 heavy (non-hydrogen) atoms. The van der Waals surface area contributed by atoms with Crippen LogP contribution in [0.15, 0.2) is 11.3 Å².